The van der Waals surface area contributed by atoms with Crippen LogP contribution in [0.15, 0.2) is 5.38 Å². The Kier molecular flexibility index (Phi) is 1.27. The summed E-state index contributed by atoms with van der Waals surface area (Å²) >= 11 is 1.74. The van der Waals surface area contributed by atoms with Crippen LogP contribution >= 0.6 is 11.3 Å². The van der Waals surface area contributed by atoms with Gasteiger partial charge < -0.3 is 0 Å². The second-order valence-electron chi connectivity index (χ2n) is 2.44. The van der Waals surface area contributed by atoms with Crippen LogP contribution in [0, 0.1) is 6.20 Å². The first-order valence-electron chi connectivity index (χ1n) is 3.28. The Hall–Kier alpha value is -0.370. The van der Waals surface area contributed by atoms with Crippen molar-refractivity contribution in [1.29, 1.82) is 0 Å². The minimum atomic E-state index is 0.793. The molecule has 0 atom stereocenters. The lowest BCUT2D eigenvalue weighted by molar-refractivity contribution is 0.418. The van der Waals surface area contributed by atoms with Crippen molar-refractivity contribution in [3.8, 4) is 0 Å². The molecular formula is C7H8NS. The first kappa shape index (κ1) is 5.42. The van der Waals surface area contributed by atoms with Crippen molar-refractivity contribution < 1.29 is 0 Å². The first-order valence-corrected chi connectivity index (χ1v) is 4.16. The van der Waals surface area contributed by atoms with E-state index in [4.69, 9.17) is 0 Å². The van der Waals surface area contributed by atoms with Gasteiger partial charge in [0.2, 0.25) is 0 Å². The fraction of sp³-hybridized carbons (Fsp3) is 0.571. The summed E-state index contributed by atoms with van der Waals surface area (Å²) in [6.45, 7) is 0. The van der Waals surface area contributed by atoms with E-state index in [1.807, 2.05) is 5.38 Å². The van der Waals surface area contributed by atoms with E-state index < -0.39 is 0 Å². The summed E-state index contributed by atoms with van der Waals surface area (Å²) in [5.74, 6) is 0.793. The van der Waals surface area contributed by atoms with Gasteiger partial charge in [-0.1, -0.05) is 6.42 Å². The molecule has 2 heteroatoms. The van der Waals surface area contributed by atoms with E-state index in [1.165, 1.54) is 24.3 Å². The number of hydrogen-bond donors (Lipinski definition) is 0. The molecule has 0 spiro atoms. The summed E-state index contributed by atoms with van der Waals surface area (Å²) in [4.78, 5) is 4.13. The lowest BCUT2D eigenvalue weighted by atomic mass is 9.86. The number of nitrogens with zero attached hydrogens (tertiary/aromatic N) is 1. The van der Waals surface area contributed by atoms with Gasteiger partial charge in [-0.25, -0.2) is 4.98 Å². The molecule has 9 heavy (non-hydrogen) atoms. The van der Waals surface area contributed by atoms with Gasteiger partial charge in [-0.2, -0.15) is 0 Å². The molecule has 1 fully saturated rings. The lowest BCUT2D eigenvalue weighted by Gasteiger charge is -2.22. The van der Waals surface area contributed by atoms with Crippen LogP contribution in [0.4, 0.5) is 0 Å². The van der Waals surface area contributed by atoms with Crippen molar-refractivity contribution in [3.63, 3.8) is 0 Å². The van der Waals surface area contributed by atoms with Crippen LogP contribution in [0.3, 0.4) is 0 Å². The Bertz CT molecular complexity index is 177. The second kappa shape index (κ2) is 2.10. The quantitative estimate of drug-likeness (QED) is 0.579. The molecule has 1 radical (unpaired) electrons. The Morgan fingerprint density at radius 1 is 1.67 bits per heavy atom. The molecule has 1 saturated carbocycles. The molecule has 1 aromatic rings. The van der Waals surface area contributed by atoms with Crippen LogP contribution in [-0.4, -0.2) is 4.98 Å². The molecule has 0 unspecified atom stereocenters. The minimum absolute atomic E-state index is 0.793. The van der Waals surface area contributed by atoms with Gasteiger partial charge >= 0.3 is 0 Å². The lowest BCUT2D eigenvalue weighted by Crippen LogP contribution is -2.07. The highest BCUT2D eigenvalue weighted by molar-refractivity contribution is 7.09. The Labute approximate surface area is 58.7 Å². The average molecular weight is 138 g/mol. The van der Waals surface area contributed by atoms with Gasteiger partial charge in [-0.3, -0.25) is 0 Å². The zero-order valence-electron chi connectivity index (χ0n) is 5.13. The van der Waals surface area contributed by atoms with Gasteiger partial charge in [0.05, 0.1) is 5.01 Å². The average Bonchev–Trinajstić information content (AvgIpc) is 2.11. The topological polar surface area (TPSA) is 12.9 Å². The van der Waals surface area contributed by atoms with Crippen molar-refractivity contribution in [2.75, 3.05) is 0 Å². The van der Waals surface area contributed by atoms with Crippen LogP contribution in [0.5, 0.6) is 0 Å². The van der Waals surface area contributed by atoms with Crippen molar-refractivity contribution in [2.24, 2.45) is 0 Å². The van der Waals surface area contributed by atoms with E-state index in [1.54, 1.807) is 11.3 Å². The second-order valence-corrected chi connectivity index (χ2v) is 3.33. The maximum atomic E-state index is 4.13. The van der Waals surface area contributed by atoms with Crippen molar-refractivity contribution in [1.82, 2.24) is 4.98 Å². The SMILES string of the molecule is [c]1csc(C2CCC2)n1. The predicted octanol–water partition coefficient (Wildman–Crippen LogP) is 2.21. The minimum Gasteiger partial charge on any atom is -0.239 e. The Morgan fingerprint density at radius 2 is 2.56 bits per heavy atom. The highest BCUT2D eigenvalue weighted by atomic mass is 32.1. The maximum Gasteiger partial charge on any atom is 0.101 e. The van der Waals surface area contributed by atoms with Gasteiger partial charge in [0, 0.05) is 11.3 Å². The van der Waals surface area contributed by atoms with E-state index >= 15 is 0 Å². The summed E-state index contributed by atoms with van der Waals surface area (Å²) < 4.78 is 0. The summed E-state index contributed by atoms with van der Waals surface area (Å²) in [7, 11) is 0. The van der Waals surface area contributed by atoms with E-state index in [0.717, 1.165) is 5.92 Å². The predicted molar refractivity (Wildman–Crippen MR) is 37.5 cm³/mol. The van der Waals surface area contributed by atoms with Gasteiger partial charge in [0.15, 0.2) is 0 Å². The third-order valence-corrected chi connectivity index (χ3v) is 2.75. The monoisotopic (exact) mass is 138 g/mol. The largest absolute Gasteiger partial charge is 0.239 e. The van der Waals surface area contributed by atoms with Crippen LogP contribution in [0.2, 0.25) is 0 Å². The number of aromatic nitrogens is 1. The van der Waals surface area contributed by atoms with E-state index in [9.17, 15) is 0 Å². The normalized spacial score (nSPS) is 19.6. The van der Waals surface area contributed by atoms with E-state index in [0.29, 0.717) is 0 Å². The number of thiazole rings is 1. The van der Waals surface area contributed by atoms with Crippen LogP contribution in [-0.2, 0) is 0 Å². The molecule has 2 rings (SSSR count). The first-order chi connectivity index (χ1) is 4.47. The number of hydrogen-bond acceptors (Lipinski definition) is 2. The van der Waals surface area contributed by atoms with Crippen LogP contribution in [0.1, 0.15) is 30.2 Å². The van der Waals surface area contributed by atoms with Crippen molar-refractivity contribution in [3.05, 3.63) is 16.6 Å². The zero-order valence-corrected chi connectivity index (χ0v) is 5.95. The number of rotatable bonds is 1. The molecule has 1 heterocycles. The van der Waals surface area contributed by atoms with Gasteiger partial charge in [0.1, 0.15) is 6.20 Å². The summed E-state index contributed by atoms with van der Waals surface area (Å²) in [5, 5.41) is 3.23. The standard InChI is InChI=1S/C7H8NS/c1-2-6(3-1)7-8-4-5-9-7/h5-6H,1-3H2. The summed E-state index contributed by atoms with van der Waals surface area (Å²) in [6, 6.07) is 0. The summed E-state index contributed by atoms with van der Waals surface area (Å²) in [6.07, 6.45) is 6.94. The third-order valence-electron chi connectivity index (χ3n) is 1.86. The molecular weight excluding hydrogens is 130 g/mol. The molecule has 1 aliphatic carbocycles. The molecule has 0 aromatic carbocycles. The Morgan fingerprint density at radius 3 is 3.00 bits per heavy atom. The highest BCUT2D eigenvalue weighted by Crippen LogP contribution is 2.36. The van der Waals surface area contributed by atoms with Gasteiger partial charge in [0.25, 0.3) is 0 Å². The molecule has 0 amide bonds. The van der Waals surface area contributed by atoms with Crippen LogP contribution < -0.4 is 0 Å². The molecule has 0 bridgehead atoms. The summed E-state index contributed by atoms with van der Waals surface area (Å²) in [5.41, 5.74) is 0. The fourth-order valence-electron chi connectivity index (χ4n) is 1.05. The third kappa shape index (κ3) is 0.874. The molecule has 0 N–H and O–H groups in total. The molecule has 1 nitrogen and oxygen atoms in total. The van der Waals surface area contributed by atoms with Crippen molar-refractivity contribution in [2.45, 2.75) is 25.2 Å². The fourth-order valence-corrected chi connectivity index (χ4v) is 1.81. The van der Waals surface area contributed by atoms with Gasteiger partial charge in [-0.15, -0.1) is 11.3 Å². The Balaban J connectivity index is 2.14. The molecule has 0 aliphatic heterocycles. The van der Waals surface area contributed by atoms with E-state index in [-0.39, 0.29) is 0 Å². The molecule has 1 aromatic heterocycles. The zero-order chi connectivity index (χ0) is 6.10. The molecule has 0 saturated heterocycles. The van der Waals surface area contributed by atoms with Crippen molar-refractivity contribution >= 4 is 11.3 Å². The highest BCUT2D eigenvalue weighted by Gasteiger charge is 2.20. The van der Waals surface area contributed by atoms with E-state index in [2.05, 4.69) is 11.2 Å². The smallest absolute Gasteiger partial charge is 0.101 e. The van der Waals surface area contributed by atoms with Crippen LogP contribution in [0.25, 0.3) is 0 Å². The van der Waals surface area contributed by atoms with Gasteiger partial charge in [-0.05, 0) is 12.8 Å². The molecule has 47 valence electrons. The molecule has 1 aliphatic rings. The maximum absolute atomic E-state index is 4.13.